The SMILES string of the molecule is O=C(O)c1cccc(C(=O)CCCO)c1O. The number of ketones is 1. The number of carbonyl (C=O) groups excluding carboxylic acids is 1. The Morgan fingerprint density at radius 2 is 1.81 bits per heavy atom. The number of aliphatic hydroxyl groups excluding tert-OH is 1. The minimum Gasteiger partial charge on any atom is -0.506 e. The molecule has 0 aliphatic heterocycles. The molecule has 0 atom stereocenters. The average molecular weight is 224 g/mol. The van der Waals surface area contributed by atoms with Crippen LogP contribution in [0.25, 0.3) is 0 Å². The number of aromatic carboxylic acids is 1. The zero-order valence-electron chi connectivity index (χ0n) is 8.51. The Morgan fingerprint density at radius 1 is 1.19 bits per heavy atom. The maximum Gasteiger partial charge on any atom is 0.339 e. The Kier molecular flexibility index (Phi) is 4.02. The minimum atomic E-state index is -1.28. The Balaban J connectivity index is 3.01. The summed E-state index contributed by atoms with van der Waals surface area (Å²) in [5.41, 5.74) is -0.316. The minimum absolute atomic E-state index is 0.0200. The van der Waals surface area contributed by atoms with E-state index >= 15 is 0 Å². The number of carboxylic acids is 1. The topological polar surface area (TPSA) is 94.8 Å². The van der Waals surface area contributed by atoms with Gasteiger partial charge in [0.2, 0.25) is 0 Å². The van der Waals surface area contributed by atoms with Gasteiger partial charge in [0.05, 0.1) is 5.56 Å². The van der Waals surface area contributed by atoms with Gasteiger partial charge in [-0.2, -0.15) is 0 Å². The van der Waals surface area contributed by atoms with Gasteiger partial charge in [0, 0.05) is 13.0 Å². The zero-order chi connectivity index (χ0) is 12.1. The van der Waals surface area contributed by atoms with E-state index in [4.69, 9.17) is 10.2 Å². The van der Waals surface area contributed by atoms with Gasteiger partial charge in [-0.05, 0) is 18.6 Å². The molecule has 0 aliphatic carbocycles. The van der Waals surface area contributed by atoms with Crippen LogP contribution in [0.15, 0.2) is 18.2 Å². The Morgan fingerprint density at radius 3 is 2.38 bits per heavy atom. The first-order valence-corrected chi connectivity index (χ1v) is 4.77. The van der Waals surface area contributed by atoms with Crippen molar-refractivity contribution in [1.29, 1.82) is 0 Å². The first-order valence-electron chi connectivity index (χ1n) is 4.77. The number of Topliss-reactive ketones (excluding diaryl/α,β-unsaturated/α-hetero) is 1. The highest BCUT2D eigenvalue weighted by Gasteiger charge is 2.17. The molecule has 16 heavy (non-hydrogen) atoms. The van der Waals surface area contributed by atoms with Gasteiger partial charge in [-0.3, -0.25) is 4.79 Å². The molecule has 0 spiro atoms. The van der Waals surface area contributed by atoms with Crippen molar-refractivity contribution < 1.29 is 24.9 Å². The number of phenols is 1. The molecule has 0 heterocycles. The van der Waals surface area contributed by atoms with E-state index in [1.54, 1.807) is 0 Å². The summed E-state index contributed by atoms with van der Waals surface area (Å²) in [5.74, 6) is -2.18. The van der Waals surface area contributed by atoms with E-state index in [-0.39, 0.29) is 36.4 Å². The molecule has 0 aromatic heterocycles. The largest absolute Gasteiger partial charge is 0.506 e. The van der Waals surface area contributed by atoms with Gasteiger partial charge in [-0.25, -0.2) is 4.79 Å². The van der Waals surface area contributed by atoms with Gasteiger partial charge < -0.3 is 15.3 Å². The van der Waals surface area contributed by atoms with Crippen molar-refractivity contribution in [3.05, 3.63) is 29.3 Å². The van der Waals surface area contributed by atoms with Crippen LogP contribution < -0.4 is 0 Å². The number of rotatable bonds is 5. The number of para-hydroxylation sites is 1. The first-order chi connectivity index (χ1) is 7.57. The summed E-state index contributed by atoms with van der Waals surface area (Å²) in [5, 5.41) is 26.9. The molecule has 0 aliphatic rings. The van der Waals surface area contributed by atoms with E-state index in [1.807, 2.05) is 0 Å². The molecule has 0 radical (unpaired) electrons. The molecule has 0 bridgehead atoms. The number of carbonyl (C=O) groups is 2. The lowest BCUT2D eigenvalue weighted by molar-refractivity contribution is 0.0693. The molecule has 0 amide bonds. The van der Waals surface area contributed by atoms with E-state index in [1.165, 1.54) is 18.2 Å². The van der Waals surface area contributed by atoms with Crippen LogP contribution in [0.5, 0.6) is 5.75 Å². The molecule has 1 aromatic carbocycles. The van der Waals surface area contributed by atoms with Gasteiger partial charge in [-0.15, -0.1) is 0 Å². The zero-order valence-corrected chi connectivity index (χ0v) is 8.51. The van der Waals surface area contributed by atoms with Gasteiger partial charge in [0.15, 0.2) is 5.78 Å². The molecular weight excluding hydrogens is 212 g/mol. The van der Waals surface area contributed by atoms with Gasteiger partial charge in [0.1, 0.15) is 11.3 Å². The summed E-state index contributed by atoms with van der Waals surface area (Å²) in [4.78, 5) is 22.2. The number of benzene rings is 1. The fraction of sp³-hybridized carbons (Fsp3) is 0.273. The first kappa shape index (κ1) is 12.2. The van der Waals surface area contributed by atoms with Crippen molar-refractivity contribution in [1.82, 2.24) is 0 Å². The summed E-state index contributed by atoms with van der Waals surface area (Å²) in [6, 6.07) is 3.98. The number of aliphatic hydroxyl groups is 1. The third-order valence-corrected chi connectivity index (χ3v) is 2.13. The molecule has 1 aromatic rings. The van der Waals surface area contributed by atoms with E-state index in [9.17, 15) is 14.7 Å². The second-order valence-corrected chi connectivity index (χ2v) is 3.26. The molecule has 0 fully saturated rings. The highest BCUT2D eigenvalue weighted by molar-refractivity contribution is 6.02. The Labute approximate surface area is 92.0 Å². The van der Waals surface area contributed by atoms with Gasteiger partial charge in [-0.1, -0.05) is 6.07 Å². The summed E-state index contributed by atoms with van der Waals surface area (Å²) in [6.07, 6.45) is 0.364. The fourth-order valence-corrected chi connectivity index (χ4v) is 1.32. The van der Waals surface area contributed by atoms with Crippen molar-refractivity contribution in [2.75, 3.05) is 6.61 Å². The summed E-state index contributed by atoms with van der Waals surface area (Å²) in [6.45, 7) is -0.120. The Hall–Kier alpha value is -1.88. The molecule has 5 heteroatoms. The number of carboxylic acid groups (broad SMARTS) is 1. The van der Waals surface area contributed by atoms with Crippen LogP contribution >= 0.6 is 0 Å². The molecule has 86 valence electrons. The number of hydrogen-bond donors (Lipinski definition) is 3. The third-order valence-electron chi connectivity index (χ3n) is 2.13. The molecule has 0 unspecified atom stereocenters. The quantitative estimate of drug-likeness (QED) is 0.649. The van der Waals surface area contributed by atoms with Crippen molar-refractivity contribution in [2.45, 2.75) is 12.8 Å². The van der Waals surface area contributed by atoms with E-state index in [0.717, 1.165) is 0 Å². The third kappa shape index (κ3) is 2.58. The monoisotopic (exact) mass is 224 g/mol. The van der Waals surface area contributed by atoms with Crippen LogP contribution in [0.3, 0.4) is 0 Å². The van der Waals surface area contributed by atoms with E-state index in [0.29, 0.717) is 0 Å². The maximum atomic E-state index is 11.5. The molecule has 1 rings (SSSR count). The summed E-state index contributed by atoms with van der Waals surface area (Å²) < 4.78 is 0. The standard InChI is InChI=1S/C11H12O5/c12-6-2-5-9(13)7-3-1-4-8(10(7)14)11(15)16/h1,3-4,12,14H,2,5-6H2,(H,15,16). The highest BCUT2D eigenvalue weighted by atomic mass is 16.4. The molecule has 5 nitrogen and oxygen atoms in total. The number of aromatic hydroxyl groups is 1. The maximum absolute atomic E-state index is 11.5. The van der Waals surface area contributed by atoms with Crippen molar-refractivity contribution in [3.63, 3.8) is 0 Å². The van der Waals surface area contributed by atoms with Crippen LogP contribution in [0, 0.1) is 0 Å². The second kappa shape index (κ2) is 5.27. The highest BCUT2D eigenvalue weighted by Crippen LogP contribution is 2.23. The second-order valence-electron chi connectivity index (χ2n) is 3.26. The van der Waals surface area contributed by atoms with Crippen LogP contribution in [0.4, 0.5) is 0 Å². The lowest BCUT2D eigenvalue weighted by Gasteiger charge is -2.05. The summed E-state index contributed by atoms with van der Waals surface area (Å²) >= 11 is 0. The Bertz CT molecular complexity index is 411. The van der Waals surface area contributed by atoms with E-state index in [2.05, 4.69) is 0 Å². The molecular formula is C11H12O5. The molecule has 0 saturated heterocycles. The smallest absolute Gasteiger partial charge is 0.339 e. The van der Waals surface area contributed by atoms with Gasteiger partial charge in [0.25, 0.3) is 0 Å². The van der Waals surface area contributed by atoms with Crippen molar-refractivity contribution >= 4 is 11.8 Å². The lowest BCUT2D eigenvalue weighted by Crippen LogP contribution is -2.04. The predicted molar refractivity (Wildman–Crippen MR) is 55.7 cm³/mol. The van der Waals surface area contributed by atoms with Crippen LogP contribution in [-0.4, -0.2) is 33.7 Å². The number of hydrogen-bond acceptors (Lipinski definition) is 4. The molecule has 0 saturated carbocycles. The van der Waals surface area contributed by atoms with Crippen molar-refractivity contribution in [3.8, 4) is 5.75 Å². The lowest BCUT2D eigenvalue weighted by atomic mass is 10.0. The van der Waals surface area contributed by atoms with E-state index < -0.39 is 11.7 Å². The van der Waals surface area contributed by atoms with Gasteiger partial charge >= 0.3 is 5.97 Å². The van der Waals surface area contributed by atoms with Crippen LogP contribution in [0.2, 0.25) is 0 Å². The van der Waals surface area contributed by atoms with Crippen LogP contribution in [0.1, 0.15) is 33.6 Å². The predicted octanol–water partition coefficient (Wildman–Crippen LogP) is 1.05. The normalized spacial score (nSPS) is 10.1. The fourth-order valence-electron chi connectivity index (χ4n) is 1.32. The summed E-state index contributed by atoms with van der Waals surface area (Å²) in [7, 11) is 0. The van der Waals surface area contributed by atoms with Crippen LogP contribution in [-0.2, 0) is 0 Å². The average Bonchev–Trinajstić information content (AvgIpc) is 2.25. The molecule has 3 N–H and O–H groups in total. The van der Waals surface area contributed by atoms with Crippen molar-refractivity contribution in [2.24, 2.45) is 0 Å².